The summed E-state index contributed by atoms with van der Waals surface area (Å²) in [5.41, 5.74) is 12.2. The van der Waals surface area contributed by atoms with Crippen LogP contribution in [0.5, 0.6) is 11.6 Å². The van der Waals surface area contributed by atoms with Gasteiger partial charge < -0.3 is 20.4 Å². The van der Waals surface area contributed by atoms with Gasteiger partial charge in [-0.2, -0.15) is 0 Å². The summed E-state index contributed by atoms with van der Waals surface area (Å²) in [6, 6.07) is 21.0. The molecule has 0 atom stereocenters. The highest BCUT2D eigenvalue weighted by atomic mass is 16.5. The number of nitrogen functional groups attached to an aromatic ring is 1. The van der Waals surface area contributed by atoms with Crippen molar-refractivity contribution in [2.75, 3.05) is 11.1 Å². The molecule has 0 saturated heterocycles. The number of anilines is 2. The van der Waals surface area contributed by atoms with Crippen LogP contribution >= 0.6 is 0 Å². The van der Waals surface area contributed by atoms with Gasteiger partial charge in [-0.25, -0.2) is 15.0 Å². The van der Waals surface area contributed by atoms with E-state index in [1.165, 1.54) is 12.4 Å². The van der Waals surface area contributed by atoms with Gasteiger partial charge >= 0.3 is 0 Å². The van der Waals surface area contributed by atoms with Crippen molar-refractivity contribution in [2.45, 2.75) is 6.92 Å². The maximum absolute atomic E-state index is 11.9. The van der Waals surface area contributed by atoms with Crippen molar-refractivity contribution in [1.82, 2.24) is 19.5 Å². The number of hydrogen-bond donors (Lipinski definition) is 2. The Morgan fingerprint density at radius 3 is 2.58 bits per heavy atom. The zero-order valence-electron chi connectivity index (χ0n) is 19.9. The first-order chi connectivity index (χ1) is 17.4. The number of rotatable bonds is 6. The molecular formula is C28H24N6O2. The van der Waals surface area contributed by atoms with E-state index >= 15 is 0 Å². The summed E-state index contributed by atoms with van der Waals surface area (Å²) in [5, 5.41) is 3.57. The Bertz CT molecular complexity index is 1610. The molecule has 0 aliphatic heterocycles. The van der Waals surface area contributed by atoms with Gasteiger partial charge in [0.05, 0.1) is 11.1 Å². The molecule has 8 nitrogen and oxygen atoms in total. The van der Waals surface area contributed by atoms with E-state index in [0.29, 0.717) is 28.8 Å². The molecule has 0 aliphatic carbocycles. The minimum absolute atomic E-state index is 0.279. The van der Waals surface area contributed by atoms with Crippen LogP contribution in [0.4, 0.5) is 11.5 Å². The fourth-order valence-electron chi connectivity index (χ4n) is 4.22. The number of pyridine rings is 1. The number of amides is 1. The molecule has 3 aromatic heterocycles. The summed E-state index contributed by atoms with van der Waals surface area (Å²) >= 11 is 0. The lowest BCUT2D eigenvalue weighted by molar-refractivity contribution is -0.111. The van der Waals surface area contributed by atoms with Crippen LogP contribution in [0.15, 0.2) is 85.7 Å². The minimum Gasteiger partial charge on any atom is -0.439 e. The number of aryl methyl sites for hydroxylation is 2. The Balaban J connectivity index is 1.63. The Labute approximate surface area is 208 Å². The first-order valence-corrected chi connectivity index (χ1v) is 11.3. The topological polar surface area (TPSA) is 108 Å². The Hall–Kier alpha value is -4.98. The second kappa shape index (κ2) is 9.34. The smallest absolute Gasteiger partial charge is 0.247 e. The Morgan fingerprint density at radius 1 is 1.06 bits per heavy atom. The largest absolute Gasteiger partial charge is 0.439 e. The maximum Gasteiger partial charge on any atom is 0.247 e. The predicted molar refractivity (Wildman–Crippen MR) is 142 cm³/mol. The van der Waals surface area contributed by atoms with Gasteiger partial charge in [0.25, 0.3) is 0 Å². The van der Waals surface area contributed by atoms with Gasteiger partial charge in [0.1, 0.15) is 23.5 Å². The molecule has 5 rings (SSSR count). The fourth-order valence-corrected chi connectivity index (χ4v) is 4.22. The van der Waals surface area contributed by atoms with Crippen molar-refractivity contribution in [3.63, 3.8) is 0 Å². The van der Waals surface area contributed by atoms with E-state index in [1.807, 2.05) is 85.3 Å². The van der Waals surface area contributed by atoms with Crippen LogP contribution in [-0.4, -0.2) is 25.4 Å². The lowest BCUT2D eigenvalue weighted by Gasteiger charge is -2.12. The molecule has 0 radical (unpaired) electrons. The van der Waals surface area contributed by atoms with E-state index < -0.39 is 0 Å². The summed E-state index contributed by atoms with van der Waals surface area (Å²) in [6.07, 6.45) is 2.69. The molecular weight excluding hydrogens is 452 g/mol. The van der Waals surface area contributed by atoms with E-state index in [-0.39, 0.29) is 5.91 Å². The van der Waals surface area contributed by atoms with Crippen LogP contribution in [-0.2, 0) is 11.8 Å². The van der Waals surface area contributed by atoms with Crippen molar-refractivity contribution >= 4 is 28.4 Å². The van der Waals surface area contributed by atoms with Crippen molar-refractivity contribution in [2.24, 2.45) is 7.05 Å². The number of ether oxygens (including phenoxy) is 1. The third kappa shape index (κ3) is 4.27. The molecule has 0 bridgehead atoms. The number of carbonyl (C=O) groups is 1. The molecule has 36 heavy (non-hydrogen) atoms. The van der Waals surface area contributed by atoms with Crippen molar-refractivity contribution in [3.05, 3.63) is 91.4 Å². The minimum atomic E-state index is -0.279. The van der Waals surface area contributed by atoms with Crippen LogP contribution in [0.2, 0.25) is 0 Å². The number of carbonyl (C=O) groups excluding carboxylic acids is 1. The summed E-state index contributed by atoms with van der Waals surface area (Å²) in [6.45, 7) is 5.44. The average Bonchev–Trinajstić information content (AvgIpc) is 3.18. The quantitative estimate of drug-likeness (QED) is 0.313. The molecule has 3 N–H and O–H groups in total. The molecule has 8 heteroatoms. The van der Waals surface area contributed by atoms with Gasteiger partial charge in [-0.15, -0.1) is 0 Å². The number of fused-ring (bicyclic) bond motifs is 1. The van der Waals surface area contributed by atoms with E-state index in [9.17, 15) is 4.79 Å². The maximum atomic E-state index is 11.9. The number of nitrogens with zero attached hydrogens (tertiary/aromatic N) is 4. The van der Waals surface area contributed by atoms with Crippen LogP contribution in [0.25, 0.3) is 33.4 Å². The van der Waals surface area contributed by atoms with Gasteiger partial charge in [0.2, 0.25) is 11.8 Å². The van der Waals surface area contributed by atoms with Crippen molar-refractivity contribution in [1.29, 1.82) is 0 Å². The molecule has 0 aliphatic rings. The molecule has 1 amide bonds. The first kappa shape index (κ1) is 22.8. The van der Waals surface area contributed by atoms with Crippen molar-refractivity contribution in [3.8, 4) is 34.0 Å². The zero-order chi connectivity index (χ0) is 25.2. The van der Waals surface area contributed by atoms with Gasteiger partial charge in [0.15, 0.2) is 0 Å². The predicted octanol–water partition coefficient (Wildman–Crippen LogP) is 5.50. The van der Waals surface area contributed by atoms with Gasteiger partial charge in [-0.1, -0.05) is 36.9 Å². The molecule has 0 spiro atoms. The van der Waals surface area contributed by atoms with Crippen LogP contribution in [0.3, 0.4) is 0 Å². The number of benzene rings is 2. The molecule has 5 aromatic rings. The lowest BCUT2D eigenvalue weighted by Crippen LogP contribution is -2.07. The van der Waals surface area contributed by atoms with Crippen LogP contribution in [0, 0.1) is 6.92 Å². The summed E-state index contributed by atoms with van der Waals surface area (Å²) < 4.78 is 7.92. The molecule has 3 heterocycles. The monoisotopic (exact) mass is 476 g/mol. The number of nitrogens with two attached hydrogens (primary N) is 1. The Kier molecular flexibility index (Phi) is 5.92. The van der Waals surface area contributed by atoms with E-state index in [4.69, 9.17) is 10.5 Å². The molecule has 0 unspecified atom stereocenters. The second-order valence-corrected chi connectivity index (χ2v) is 8.26. The fraction of sp³-hybridized carbons (Fsp3) is 0.0714. The van der Waals surface area contributed by atoms with Crippen molar-refractivity contribution < 1.29 is 9.53 Å². The highest BCUT2D eigenvalue weighted by Gasteiger charge is 2.22. The molecule has 0 saturated carbocycles. The van der Waals surface area contributed by atoms with Gasteiger partial charge in [-0.05, 0) is 48.9 Å². The molecule has 178 valence electrons. The zero-order valence-corrected chi connectivity index (χ0v) is 19.9. The Morgan fingerprint density at radius 2 is 1.83 bits per heavy atom. The summed E-state index contributed by atoms with van der Waals surface area (Å²) in [5.74, 6) is 1.30. The SMILES string of the molecule is C=CC(=O)Nc1cccc(-c2c(-c3ccc(Oc4cccc(C)n4)cc3)c3c(N)ncnc3n2C)c1. The third-order valence-corrected chi connectivity index (χ3v) is 5.81. The summed E-state index contributed by atoms with van der Waals surface area (Å²) in [7, 11) is 1.93. The van der Waals surface area contributed by atoms with Crippen LogP contribution < -0.4 is 15.8 Å². The summed E-state index contributed by atoms with van der Waals surface area (Å²) in [4.78, 5) is 25.0. The van der Waals surface area contributed by atoms with E-state index in [2.05, 4.69) is 26.8 Å². The number of nitrogens with one attached hydrogen (secondary N) is 1. The number of hydrogen-bond acceptors (Lipinski definition) is 6. The first-order valence-electron chi connectivity index (χ1n) is 11.3. The third-order valence-electron chi connectivity index (χ3n) is 5.81. The normalized spacial score (nSPS) is 10.8. The molecule has 2 aromatic carbocycles. The highest BCUT2D eigenvalue weighted by molar-refractivity contribution is 6.08. The lowest BCUT2D eigenvalue weighted by atomic mass is 9.98. The number of aromatic nitrogens is 4. The van der Waals surface area contributed by atoms with Gasteiger partial charge in [-0.3, -0.25) is 4.79 Å². The van der Waals surface area contributed by atoms with E-state index in [0.717, 1.165) is 33.5 Å². The second-order valence-electron chi connectivity index (χ2n) is 8.26. The van der Waals surface area contributed by atoms with Crippen LogP contribution in [0.1, 0.15) is 5.69 Å². The highest BCUT2D eigenvalue weighted by Crippen LogP contribution is 2.42. The average molecular weight is 477 g/mol. The van der Waals surface area contributed by atoms with Gasteiger partial charge in [0, 0.05) is 35.6 Å². The standard InChI is InChI=1S/C28H24N6O2/c1-4-22(35)33-20-9-6-8-19(15-20)26-24(25-27(29)30-16-31-28(25)34(26)3)18-11-13-21(14-12-18)36-23-10-5-7-17(2)32-23/h4-16H,1H2,2-3H3,(H,33,35)(H2,29,30,31). The molecule has 0 fully saturated rings. The van der Waals surface area contributed by atoms with E-state index in [1.54, 1.807) is 0 Å².